The molecule has 0 spiro atoms. The number of alkyl halides is 3. The van der Waals surface area contributed by atoms with Crippen LogP contribution in [0.2, 0.25) is 0 Å². The number of aryl methyl sites for hydroxylation is 1. The second-order valence-corrected chi connectivity index (χ2v) is 6.62. The van der Waals surface area contributed by atoms with E-state index < -0.39 is 17.3 Å². The number of nitriles is 1. The average molecular weight is 392 g/mol. The van der Waals surface area contributed by atoms with Crippen LogP contribution in [0, 0.1) is 11.3 Å². The molecule has 0 atom stereocenters. The molecule has 2 N–H and O–H groups in total. The van der Waals surface area contributed by atoms with E-state index in [1.54, 1.807) is 29.0 Å². The fourth-order valence-corrected chi connectivity index (χ4v) is 3.07. The van der Waals surface area contributed by atoms with E-state index in [-0.39, 0.29) is 17.6 Å². The van der Waals surface area contributed by atoms with Crippen molar-refractivity contribution in [2.45, 2.75) is 25.1 Å². The molecule has 1 saturated heterocycles. The highest BCUT2D eigenvalue weighted by Crippen LogP contribution is 2.33. The summed E-state index contributed by atoms with van der Waals surface area (Å²) in [5.74, 6) is -0.193. The highest BCUT2D eigenvalue weighted by atomic mass is 19.4. The summed E-state index contributed by atoms with van der Waals surface area (Å²) in [4.78, 5) is 12.2. The molecule has 2 heterocycles. The number of halogens is 3. The van der Waals surface area contributed by atoms with Crippen molar-refractivity contribution in [1.82, 2.24) is 20.1 Å². The second kappa shape index (κ2) is 7.90. The zero-order valence-corrected chi connectivity index (χ0v) is 15.1. The van der Waals surface area contributed by atoms with Crippen LogP contribution in [-0.2, 0) is 13.2 Å². The summed E-state index contributed by atoms with van der Waals surface area (Å²) in [7, 11) is 1.73. The van der Waals surface area contributed by atoms with Crippen molar-refractivity contribution in [2.75, 3.05) is 18.5 Å². The Labute approximate surface area is 159 Å². The standard InChI is InChI=1S/C18H19F3N6O/c1-26-11-13(10-23-26)17(28)24-14-4-6-27(7-5-14)25-15-3-2-12(9-22)16(8-15)18(19,20)21/h2-3,8,10-11,14,25H,4-7H2,1H3,(H,24,28). The Morgan fingerprint density at radius 1 is 1.32 bits per heavy atom. The highest BCUT2D eigenvalue weighted by Gasteiger charge is 2.34. The number of hydrazine groups is 1. The summed E-state index contributed by atoms with van der Waals surface area (Å²) < 4.78 is 40.8. The summed E-state index contributed by atoms with van der Waals surface area (Å²) in [6, 6.07) is 5.09. The zero-order valence-electron chi connectivity index (χ0n) is 15.1. The van der Waals surface area contributed by atoms with Crippen LogP contribution in [0.5, 0.6) is 0 Å². The molecule has 0 bridgehead atoms. The highest BCUT2D eigenvalue weighted by molar-refractivity contribution is 5.93. The fraction of sp³-hybridized carbons (Fsp3) is 0.389. The normalized spacial score (nSPS) is 15.8. The minimum atomic E-state index is -4.59. The van der Waals surface area contributed by atoms with Gasteiger partial charge in [-0.15, -0.1) is 0 Å². The van der Waals surface area contributed by atoms with Gasteiger partial charge in [-0.25, -0.2) is 5.01 Å². The van der Waals surface area contributed by atoms with Gasteiger partial charge in [0.2, 0.25) is 0 Å². The molecule has 1 fully saturated rings. The first kappa shape index (κ1) is 19.7. The van der Waals surface area contributed by atoms with E-state index in [1.165, 1.54) is 12.3 Å². The molecule has 1 amide bonds. The lowest BCUT2D eigenvalue weighted by Gasteiger charge is -2.33. The van der Waals surface area contributed by atoms with Gasteiger partial charge in [-0.3, -0.25) is 9.48 Å². The van der Waals surface area contributed by atoms with E-state index in [4.69, 9.17) is 5.26 Å². The molecule has 0 aliphatic carbocycles. The lowest BCUT2D eigenvalue weighted by atomic mass is 10.1. The third-order valence-electron chi connectivity index (χ3n) is 4.53. The van der Waals surface area contributed by atoms with Crippen LogP contribution < -0.4 is 10.7 Å². The molecule has 7 nitrogen and oxygen atoms in total. The predicted molar refractivity (Wildman–Crippen MR) is 95.1 cm³/mol. The monoisotopic (exact) mass is 392 g/mol. The maximum absolute atomic E-state index is 13.1. The number of aromatic nitrogens is 2. The molecule has 1 aliphatic heterocycles. The molecule has 0 saturated carbocycles. The topological polar surface area (TPSA) is 86.0 Å². The maximum atomic E-state index is 13.1. The number of nitrogens with zero attached hydrogens (tertiary/aromatic N) is 4. The van der Waals surface area contributed by atoms with Crippen molar-refractivity contribution < 1.29 is 18.0 Å². The Morgan fingerprint density at radius 3 is 2.61 bits per heavy atom. The average Bonchev–Trinajstić information content (AvgIpc) is 3.09. The van der Waals surface area contributed by atoms with Gasteiger partial charge in [0.15, 0.2) is 0 Å². The third kappa shape index (κ3) is 4.61. The SMILES string of the molecule is Cn1cc(C(=O)NC2CCN(Nc3ccc(C#N)c(C(F)(F)F)c3)CC2)cn1. The molecule has 3 rings (SSSR count). The van der Waals surface area contributed by atoms with E-state index in [2.05, 4.69) is 15.8 Å². The van der Waals surface area contributed by atoms with E-state index in [0.29, 0.717) is 31.5 Å². The van der Waals surface area contributed by atoms with Gasteiger partial charge in [0.1, 0.15) is 0 Å². The van der Waals surface area contributed by atoms with Crippen molar-refractivity contribution in [2.24, 2.45) is 7.05 Å². The molecule has 28 heavy (non-hydrogen) atoms. The van der Waals surface area contributed by atoms with Crippen molar-refractivity contribution in [3.05, 3.63) is 47.3 Å². The van der Waals surface area contributed by atoms with Crippen LogP contribution in [0.25, 0.3) is 0 Å². The van der Waals surface area contributed by atoms with Crippen LogP contribution in [0.15, 0.2) is 30.6 Å². The number of carbonyl (C=O) groups is 1. The van der Waals surface area contributed by atoms with Crippen LogP contribution in [0.3, 0.4) is 0 Å². The van der Waals surface area contributed by atoms with Gasteiger partial charge in [-0.2, -0.15) is 23.5 Å². The molecule has 0 unspecified atom stereocenters. The summed E-state index contributed by atoms with van der Waals surface area (Å²) in [6.45, 7) is 1.11. The Bertz CT molecular complexity index is 893. The molecule has 148 valence electrons. The van der Waals surface area contributed by atoms with Gasteiger partial charge in [0.05, 0.1) is 29.0 Å². The van der Waals surface area contributed by atoms with Gasteiger partial charge >= 0.3 is 6.18 Å². The van der Waals surface area contributed by atoms with Gasteiger partial charge in [0.25, 0.3) is 5.91 Å². The molecule has 1 aliphatic rings. The number of hydrogen-bond acceptors (Lipinski definition) is 5. The minimum absolute atomic E-state index is 0.0162. The van der Waals surface area contributed by atoms with Gasteiger partial charge in [-0.05, 0) is 31.0 Å². The van der Waals surface area contributed by atoms with Crippen molar-refractivity contribution in [3.8, 4) is 6.07 Å². The first-order valence-corrected chi connectivity index (χ1v) is 8.68. The van der Waals surface area contributed by atoms with Gasteiger partial charge < -0.3 is 10.7 Å². The van der Waals surface area contributed by atoms with E-state index in [0.717, 1.165) is 12.1 Å². The van der Waals surface area contributed by atoms with Crippen molar-refractivity contribution in [1.29, 1.82) is 5.26 Å². The molecule has 0 radical (unpaired) electrons. The Hall–Kier alpha value is -3.06. The van der Waals surface area contributed by atoms with E-state index in [1.807, 2.05) is 0 Å². The number of amides is 1. The van der Waals surface area contributed by atoms with Crippen LogP contribution in [-0.4, -0.2) is 39.8 Å². The number of carbonyl (C=O) groups excluding carboxylic acids is 1. The first-order chi connectivity index (χ1) is 13.3. The Balaban J connectivity index is 1.56. The van der Waals surface area contributed by atoms with E-state index >= 15 is 0 Å². The summed E-state index contributed by atoms with van der Waals surface area (Å²) in [6.07, 6.45) is -0.153. The zero-order chi connectivity index (χ0) is 20.3. The van der Waals surface area contributed by atoms with Crippen molar-refractivity contribution >= 4 is 11.6 Å². The molecule has 1 aromatic heterocycles. The minimum Gasteiger partial charge on any atom is -0.349 e. The second-order valence-electron chi connectivity index (χ2n) is 6.62. The Morgan fingerprint density at radius 2 is 2.04 bits per heavy atom. The summed E-state index contributed by atoms with van der Waals surface area (Å²) in [5, 5.41) is 17.6. The molecule has 10 heteroatoms. The van der Waals surface area contributed by atoms with Crippen molar-refractivity contribution in [3.63, 3.8) is 0 Å². The smallest absolute Gasteiger partial charge is 0.349 e. The van der Waals surface area contributed by atoms with Gasteiger partial charge in [0, 0.05) is 38.1 Å². The number of rotatable bonds is 4. The van der Waals surface area contributed by atoms with Crippen LogP contribution >= 0.6 is 0 Å². The van der Waals surface area contributed by atoms with Gasteiger partial charge in [-0.1, -0.05) is 0 Å². The number of nitrogens with one attached hydrogen (secondary N) is 2. The number of benzene rings is 1. The largest absolute Gasteiger partial charge is 0.417 e. The Kier molecular flexibility index (Phi) is 5.56. The molecule has 2 aromatic rings. The number of anilines is 1. The molecular weight excluding hydrogens is 373 g/mol. The molecule has 1 aromatic carbocycles. The van der Waals surface area contributed by atoms with E-state index in [9.17, 15) is 18.0 Å². The maximum Gasteiger partial charge on any atom is 0.417 e. The quantitative estimate of drug-likeness (QED) is 0.835. The summed E-state index contributed by atoms with van der Waals surface area (Å²) in [5.41, 5.74) is 2.34. The fourth-order valence-electron chi connectivity index (χ4n) is 3.07. The third-order valence-corrected chi connectivity index (χ3v) is 4.53. The predicted octanol–water partition coefficient (Wildman–Crippen LogP) is 2.53. The lowest BCUT2D eigenvalue weighted by Crippen LogP contribution is -2.46. The number of hydrogen-bond donors (Lipinski definition) is 2. The first-order valence-electron chi connectivity index (χ1n) is 8.68. The van der Waals surface area contributed by atoms with Crippen LogP contribution in [0.4, 0.5) is 18.9 Å². The summed E-state index contributed by atoms with van der Waals surface area (Å²) >= 11 is 0. The van der Waals surface area contributed by atoms with Crippen LogP contribution in [0.1, 0.15) is 34.3 Å². The molecular formula is C18H19F3N6O. The lowest BCUT2D eigenvalue weighted by molar-refractivity contribution is -0.137. The number of piperidine rings is 1.